The van der Waals surface area contributed by atoms with E-state index in [0.717, 1.165) is 0 Å². The van der Waals surface area contributed by atoms with E-state index in [0.29, 0.717) is 5.92 Å². The highest BCUT2D eigenvalue weighted by Crippen LogP contribution is 2.49. The summed E-state index contributed by atoms with van der Waals surface area (Å²) in [6, 6.07) is 37.2. The lowest BCUT2D eigenvalue weighted by atomic mass is 9.84. The van der Waals surface area contributed by atoms with E-state index in [2.05, 4.69) is 103 Å². The van der Waals surface area contributed by atoms with Crippen molar-refractivity contribution in [1.29, 1.82) is 0 Å². The summed E-state index contributed by atoms with van der Waals surface area (Å²) < 4.78 is 0. The van der Waals surface area contributed by atoms with Crippen molar-refractivity contribution in [2.24, 2.45) is 0 Å². The molecule has 1 aliphatic carbocycles. The van der Waals surface area contributed by atoms with E-state index >= 15 is 0 Å². The van der Waals surface area contributed by atoms with Crippen LogP contribution in [0.25, 0.3) is 22.3 Å². The molecule has 0 radical (unpaired) electrons. The lowest BCUT2D eigenvalue weighted by Crippen LogP contribution is -2.01. The lowest BCUT2D eigenvalue weighted by Gasteiger charge is -2.18. The van der Waals surface area contributed by atoms with Crippen LogP contribution in [-0.2, 0) is 0 Å². The lowest BCUT2D eigenvalue weighted by molar-refractivity contribution is 1.02. The van der Waals surface area contributed by atoms with Crippen molar-refractivity contribution in [2.75, 3.05) is 0 Å². The minimum atomic E-state index is 0.295. The zero-order valence-electron chi connectivity index (χ0n) is 13.9. The van der Waals surface area contributed by atoms with Crippen LogP contribution in [0, 0.1) is 0 Å². The van der Waals surface area contributed by atoms with Crippen molar-refractivity contribution in [3.8, 4) is 22.3 Å². The molecule has 0 nitrogen and oxygen atoms in total. The van der Waals surface area contributed by atoms with Gasteiger partial charge in [-0.1, -0.05) is 103 Å². The Kier molecular flexibility index (Phi) is 3.28. The Morgan fingerprint density at radius 3 is 1.32 bits per heavy atom. The van der Waals surface area contributed by atoms with Crippen molar-refractivity contribution < 1.29 is 0 Å². The van der Waals surface area contributed by atoms with E-state index in [1.165, 1.54) is 38.9 Å². The molecule has 4 aromatic rings. The van der Waals surface area contributed by atoms with Gasteiger partial charge in [0.05, 0.1) is 0 Å². The third-order valence-corrected chi connectivity index (χ3v) is 5.19. The van der Waals surface area contributed by atoms with Gasteiger partial charge in [0.1, 0.15) is 0 Å². The zero-order chi connectivity index (χ0) is 16.6. The molecule has 118 valence electrons. The van der Waals surface area contributed by atoms with E-state index in [4.69, 9.17) is 0 Å². The molecule has 0 amide bonds. The Hall–Kier alpha value is -3.12. The predicted octanol–water partition coefficient (Wildman–Crippen LogP) is 6.51. The van der Waals surface area contributed by atoms with Crippen molar-refractivity contribution in [3.63, 3.8) is 0 Å². The summed E-state index contributed by atoms with van der Waals surface area (Å²) >= 11 is 0. The van der Waals surface area contributed by atoms with Crippen molar-refractivity contribution in [3.05, 3.63) is 120 Å². The van der Waals surface area contributed by atoms with Crippen LogP contribution >= 0.6 is 0 Å². The second-order valence-electron chi connectivity index (χ2n) is 6.56. The minimum Gasteiger partial charge on any atom is -0.0622 e. The first-order chi connectivity index (χ1) is 12.4. The molecule has 0 fully saturated rings. The van der Waals surface area contributed by atoms with Crippen LogP contribution in [0.1, 0.15) is 22.6 Å². The van der Waals surface area contributed by atoms with Gasteiger partial charge in [-0.2, -0.15) is 0 Å². The fraction of sp³-hybridized carbons (Fsp3) is 0.0400. The Morgan fingerprint density at radius 1 is 0.360 bits per heavy atom. The molecule has 0 bridgehead atoms. The Morgan fingerprint density at radius 2 is 0.760 bits per heavy atom. The molecule has 0 heteroatoms. The number of fused-ring (bicyclic) bond motifs is 3. The molecule has 0 heterocycles. The molecule has 0 N–H and O–H groups in total. The molecule has 0 aromatic heterocycles. The van der Waals surface area contributed by atoms with Gasteiger partial charge in [0, 0.05) is 5.92 Å². The second kappa shape index (κ2) is 5.75. The summed E-state index contributed by atoms with van der Waals surface area (Å²) in [6.45, 7) is 0. The fourth-order valence-corrected chi connectivity index (χ4v) is 4.12. The summed E-state index contributed by atoms with van der Waals surface area (Å²) in [7, 11) is 0. The highest BCUT2D eigenvalue weighted by Gasteiger charge is 2.30. The SMILES string of the molecule is c1ccc(-c2ccccc2C2c3ccccc3-c3ccccc32)cc1. The molecule has 4 aromatic carbocycles. The molecule has 0 aliphatic heterocycles. The fourth-order valence-electron chi connectivity index (χ4n) is 4.12. The largest absolute Gasteiger partial charge is 0.0622 e. The average Bonchev–Trinajstić information content (AvgIpc) is 3.03. The van der Waals surface area contributed by atoms with Crippen LogP contribution in [-0.4, -0.2) is 0 Å². The van der Waals surface area contributed by atoms with Gasteiger partial charge in [-0.05, 0) is 38.9 Å². The maximum Gasteiger partial charge on any atom is 0.0358 e. The summed E-state index contributed by atoms with van der Waals surface area (Å²) in [5, 5.41) is 0. The Labute approximate surface area is 148 Å². The van der Waals surface area contributed by atoms with Gasteiger partial charge in [-0.25, -0.2) is 0 Å². The van der Waals surface area contributed by atoms with Crippen molar-refractivity contribution >= 4 is 0 Å². The third-order valence-electron chi connectivity index (χ3n) is 5.19. The molecular weight excluding hydrogens is 300 g/mol. The number of hydrogen-bond acceptors (Lipinski definition) is 0. The van der Waals surface area contributed by atoms with Crippen LogP contribution in [0.3, 0.4) is 0 Å². The maximum absolute atomic E-state index is 2.28. The molecular formula is C25H18. The van der Waals surface area contributed by atoms with Gasteiger partial charge < -0.3 is 0 Å². The zero-order valence-corrected chi connectivity index (χ0v) is 13.9. The second-order valence-corrected chi connectivity index (χ2v) is 6.56. The van der Waals surface area contributed by atoms with Crippen molar-refractivity contribution in [2.45, 2.75) is 5.92 Å². The van der Waals surface area contributed by atoms with Gasteiger partial charge >= 0.3 is 0 Å². The maximum atomic E-state index is 2.28. The van der Waals surface area contributed by atoms with E-state index in [1.54, 1.807) is 0 Å². The molecule has 0 saturated heterocycles. The highest BCUT2D eigenvalue weighted by molar-refractivity contribution is 5.83. The first kappa shape index (κ1) is 14.2. The minimum absolute atomic E-state index is 0.295. The number of hydrogen-bond donors (Lipinski definition) is 0. The van der Waals surface area contributed by atoms with E-state index in [1.807, 2.05) is 0 Å². The van der Waals surface area contributed by atoms with Gasteiger partial charge in [0.15, 0.2) is 0 Å². The van der Waals surface area contributed by atoms with E-state index in [-0.39, 0.29) is 0 Å². The van der Waals surface area contributed by atoms with Crippen LogP contribution in [0.5, 0.6) is 0 Å². The molecule has 0 atom stereocenters. The monoisotopic (exact) mass is 318 g/mol. The van der Waals surface area contributed by atoms with Gasteiger partial charge in [0.25, 0.3) is 0 Å². The molecule has 5 rings (SSSR count). The molecule has 1 aliphatic rings. The quantitative estimate of drug-likeness (QED) is 0.348. The van der Waals surface area contributed by atoms with Crippen LogP contribution < -0.4 is 0 Å². The third kappa shape index (κ3) is 2.22. The molecule has 0 saturated carbocycles. The summed E-state index contributed by atoms with van der Waals surface area (Å²) in [6.07, 6.45) is 0. The Balaban J connectivity index is 1.78. The summed E-state index contributed by atoms with van der Waals surface area (Å²) in [5.41, 5.74) is 9.53. The molecule has 25 heavy (non-hydrogen) atoms. The van der Waals surface area contributed by atoms with E-state index in [9.17, 15) is 0 Å². The summed E-state index contributed by atoms with van der Waals surface area (Å²) in [5.74, 6) is 0.295. The Bertz CT molecular complexity index is 999. The first-order valence-electron chi connectivity index (χ1n) is 8.76. The smallest absolute Gasteiger partial charge is 0.0358 e. The van der Waals surface area contributed by atoms with Gasteiger partial charge in [-0.3, -0.25) is 0 Å². The topological polar surface area (TPSA) is 0 Å². The van der Waals surface area contributed by atoms with Gasteiger partial charge in [0.2, 0.25) is 0 Å². The van der Waals surface area contributed by atoms with Crippen LogP contribution in [0.15, 0.2) is 103 Å². The predicted molar refractivity (Wildman–Crippen MR) is 105 cm³/mol. The van der Waals surface area contributed by atoms with Gasteiger partial charge in [-0.15, -0.1) is 0 Å². The highest BCUT2D eigenvalue weighted by atomic mass is 14.3. The summed E-state index contributed by atoms with van der Waals surface area (Å²) in [4.78, 5) is 0. The average molecular weight is 318 g/mol. The molecule has 0 spiro atoms. The van der Waals surface area contributed by atoms with Crippen LogP contribution in [0.4, 0.5) is 0 Å². The number of benzene rings is 4. The normalized spacial score (nSPS) is 12.6. The first-order valence-corrected chi connectivity index (χ1v) is 8.76. The standard InChI is InChI=1S/C25H18/c1-2-10-18(11-3-1)19-12-4-7-15-22(19)25-23-16-8-5-13-20(23)21-14-6-9-17-24(21)25/h1-17,25H. The molecule has 0 unspecified atom stereocenters. The number of rotatable bonds is 2. The van der Waals surface area contributed by atoms with Crippen molar-refractivity contribution in [1.82, 2.24) is 0 Å². The van der Waals surface area contributed by atoms with Crippen LogP contribution in [0.2, 0.25) is 0 Å². The van der Waals surface area contributed by atoms with E-state index < -0.39 is 0 Å².